The molecule has 0 spiro atoms. The van der Waals surface area contributed by atoms with Crippen LogP contribution in [-0.4, -0.2) is 19.0 Å². The van der Waals surface area contributed by atoms with Crippen LogP contribution in [0.5, 0.6) is 5.75 Å². The zero-order chi connectivity index (χ0) is 21.4. The van der Waals surface area contributed by atoms with Gasteiger partial charge in [-0.25, -0.2) is 0 Å². The van der Waals surface area contributed by atoms with Crippen molar-refractivity contribution in [2.45, 2.75) is 37.6 Å². The van der Waals surface area contributed by atoms with E-state index in [1.165, 1.54) is 33.1 Å². The Morgan fingerprint density at radius 1 is 0.828 bits per heavy atom. The minimum Gasteiger partial charge on any atom is -0.497 e. The lowest BCUT2D eigenvalue weighted by Crippen LogP contribution is -2.31. The predicted octanol–water partition coefficient (Wildman–Crippen LogP) is 4.33. The number of carbonyl (C=O) groups is 2. The summed E-state index contributed by atoms with van der Waals surface area (Å²) in [5, 5.41) is 0. The van der Waals surface area contributed by atoms with Gasteiger partial charge < -0.3 is 14.2 Å². The highest BCUT2D eigenvalue weighted by Crippen LogP contribution is 2.67. The van der Waals surface area contributed by atoms with Crippen molar-refractivity contribution in [3.05, 3.63) is 65.2 Å². The topological polar surface area (TPSA) is 61.8 Å². The van der Waals surface area contributed by atoms with Crippen LogP contribution in [0.25, 0.3) is 0 Å². The number of methoxy groups -OCH3 is 1. The van der Waals surface area contributed by atoms with Crippen LogP contribution in [0.3, 0.4) is 0 Å². The third kappa shape index (κ3) is 3.66. The van der Waals surface area contributed by atoms with Crippen molar-refractivity contribution >= 4 is 11.9 Å². The summed E-state index contributed by atoms with van der Waals surface area (Å²) in [5.74, 6) is -0.686. The lowest BCUT2D eigenvalue weighted by molar-refractivity contribution is -0.167. The fourth-order valence-corrected chi connectivity index (χ4v) is 3.61. The summed E-state index contributed by atoms with van der Waals surface area (Å²) in [5.41, 5.74) is -2.77. The molecule has 5 nitrogen and oxygen atoms in total. The van der Waals surface area contributed by atoms with E-state index in [1.54, 1.807) is 24.3 Å². The number of benzene rings is 2. The van der Waals surface area contributed by atoms with Crippen LogP contribution in [0.2, 0.25) is 0 Å². The van der Waals surface area contributed by atoms with Crippen LogP contribution >= 0.6 is 0 Å². The Bertz CT molecular complexity index is 921. The fraction of sp³-hybridized carbons (Fsp3) is 0.333. The lowest BCUT2D eigenvalue weighted by atomic mass is 9.96. The molecular weight excluding hydrogens is 389 g/mol. The number of hydrogen-bond donors (Lipinski definition) is 0. The summed E-state index contributed by atoms with van der Waals surface area (Å²) >= 11 is 0. The average molecular weight is 408 g/mol. The molecule has 1 aliphatic carbocycles. The van der Waals surface area contributed by atoms with Crippen molar-refractivity contribution in [1.82, 2.24) is 0 Å². The third-order valence-corrected chi connectivity index (χ3v) is 4.90. The number of esters is 2. The molecule has 1 aliphatic rings. The Labute approximate surface area is 165 Å². The maximum atomic E-state index is 12.9. The Morgan fingerprint density at radius 3 is 1.59 bits per heavy atom. The Morgan fingerprint density at radius 2 is 1.24 bits per heavy atom. The molecule has 0 aliphatic heterocycles. The minimum absolute atomic E-state index is 0.0802. The molecule has 0 unspecified atom stereocenters. The van der Waals surface area contributed by atoms with Crippen molar-refractivity contribution in [2.24, 2.45) is 0 Å². The van der Waals surface area contributed by atoms with Gasteiger partial charge in [-0.15, -0.1) is 0 Å². The summed E-state index contributed by atoms with van der Waals surface area (Å²) in [4.78, 5) is 23.7. The van der Waals surface area contributed by atoms with Gasteiger partial charge in [0.25, 0.3) is 0 Å². The number of carbonyl (C=O) groups excluding carboxylic acids is 2. The van der Waals surface area contributed by atoms with Gasteiger partial charge in [0, 0.05) is 31.4 Å². The zero-order valence-corrected chi connectivity index (χ0v) is 16.0. The van der Waals surface area contributed by atoms with E-state index in [1.807, 2.05) is 0 Å². The van der Waals surface area contributed by atoms with Crippen LogP contribution in [0.4, 0.5) is 13.2 Å². The highest BCUT2D eigenvalue weighted by atomic mass is 19.4. The highest BCUT2D eigenvalue weighted by molar-refractivity contribution is 5.71. The number of alkyl halides is 3. The van der Waals surface area contributed by atoms with E-state index in [0.717, 1.165) is 12.1 Å². The molecule has 2 atom stereocenters. The van der Waals surface area contributed by atoms with Crippen molar-refractivity contribution in [1.29, 1.82) is 0 Å². The molecule has 0 aromatic heterocycles. The molecule has 0 heterocycles. The zero-order valence-electron chi connectivity index (χ0n) is 16.0. The Hall–Kier alpha value is -3.03. The van der Waals surface area contributed by atoms with Crippen LogP contribution in [0, 0.1) is 0 Å². The number of ether oxygens (including phenoxy) is 3. The van der Waals surface area contributed by atoms with E-state index in [0.29, 0.717) is 16.9 Å². The van der Waals surface area contributed by atoms with Gasteiger partial charge in [0.2, 0.25) is 0 Å². The maximum absolute atomic E-state index is 12.9. The van der Waals surface area contributed by atoms with Crippen LogP contribution in [0.15, 0.2) is 48.5 Å². The number of halogens is 3. The molecule has 0 bridgehead atoms. The summed E-state index contributed by atoms with van der Waals surface area (Å²) in [6, 6.07) is 10.9. The second kappa shape index (κ2) is 7.09. The Kier molecular flexibility index (Phi) is 5.06. The van der Waals surface area contributed by atoms with E-state index in [9.17, 15) is 22.8 Å². The molecule has 8 heteroatoms. The lowest BCUT2D eigenvalue weighted by Gasteiger charge is -2.26. The number of rotatable bonds is 5. The van der Waals surface area contributed by atoms with E-state index in [4.69, 9.17) is 14.2 Å². The third-order valence-electron chi connectivity index (χ3n) is 4.90. The predicted molar refractivity (Wildman–Crippen MR) is 95.9 cm³/mol. The quantitative estimate of drug-likeness (QED) is 0.689. The first kappa shape index (κ1) is 20.7. The number of hydrogen-bond acceptors (Lipinski definition) is 5. The van der Waals surface area contributed by atoms with Crippen molar-refractivity contribution in [3.63, 3.8) is 0 Å². The summed E-state index contributed by atoms with van der Waals surface area (Å²) in [7, 11) is 1.50. The first-order valence-corrected chi connectivity index (χ1v) is 8.75. The second-order valence-electron chi connectivity index (χ2n) is 6.82. The van der Waals surface area contributed by atoms with Gasteiger partial charge in [0.15, 0.2) is 11.2 Å². The molecule has 0 N–H and O–H groups in total. The molecule has 0 radical (unpaired) electrons. The molecule has 0 saturated heterocycles. The molecule has 1 fully saturated rings. The smallest absolute Gasteiger partial charge is 0.416 e. The first-order chi connectivity index (χ1) is 13.5. The second-order valence-corrected chi connectivity index (χ2v) is 6.82. The molecular formula is C21H19F3O5. The molecule has 154 valence electrons. The van der Waals surface area contributed by atoms with Crippen LogP contribution in [-0.2, 0) is 36.4 Å². The van der Waals surface area contributed by atoms with Gasteiger partial charge in [-0.3, -0.25) is 9.59 Å². The molecule has 0 amide bonds. The van der Waals surface area contributed by atoms with Gasteiger partial charge in [-0.05, 0) is 24.3 Å². The molecule has 2 aromatic rings. The summed E-state index contributed by atoms with van der Waals surface area (Å²) in [6.45, 7) is 2.41. The van der Waals surface area contributed by atoms with E-state index >= 15 is 0 Å². The highest BCUT2D eigenvalue weighted by Gasteiger charge is 2.76. The van der Waals surface area contributed by atoms with Gasteiger partial charge in [-0.2, -0.15) is 13.2 Å². The normalized spacial score (nSPS) is 23.2. The van der Waals surface area contributed by atoms with Gasteiger partial charge in [0.1, 0.15) is 5.75 Å². The SMILES string of the molecule is COc1ccc([C@@]2(OC(C)=O)C[C@@]2(OC(C)=O)c2ccc(C(F)(F)F)cc2)cc1. The van der Waals surface area contributed by atoms with E-state index < -0.39 is 34.9 Å². The van der Waals surface area contributed by atoms with Crippen molar-refractivity contribution in [2.75, 3.05) is 7.11 Å². The maximum Gasteiger partial charge on any atom is 0.416 e. The largest absolute Gasteiger partial charge is 0.497 e. The summed E-state index contributed by atoms with van der Waals surface area (Å²) in [6.07, 6.45) is -4.42. The monoisotopic (exact) mass is 408 g/mol. The fourth-order valence-electron chi connectivity index (χ4n) is 3.61. The molecule has 3 rings (SSSR count). The van der Waals surface area contributed by atoms with Gasteiger partial charge in [-0.1, -0.05) is 24.3 Å². The van der Waals surface area contributed by atoms with Crippen LogP contribution in [0.1, 0.15) is 37.0 Å². The first-order valence-electron chi connectivity index (χ1n) is 8.75. The van der Waals surface area contributed by atoms with Crippen LogP contribution < -0.4 is 4.74 Å². The van der Waals surface area contributed by atoms with Gasteiger partial charge >= 0.3 is 18.1 Å². The van der Waals surface area contributed by atoms with Crippen molar-refractivity contribution < 1.29 is 37.0 Å². The molecule has 1 saturated carbocycles. The standard InChI is InChI=1S/C21H19F3O5/c1-13(25)28-19(15-4-6-17(7-5-15)21(22,23)24)12-20(19,29-14(2)26)16-8-10-18(27-3)11-9-16/h4-11H,12H2,1-3H3/t19-,20+/m1/s1. The minimum atomic E-state index is -4.50. The molecule has 2 aromatic carbocycles. The summed E-state index contributed by atoms with van der Waals surface area (Å²) < 4.78 is 55.1. The molecule has 29 heavy (non-hydrogen) atoms. The van der Waals surface area contributed by atoms with E-state index in [-0.39, 0.29) is 6.42 Å². The van der Waals surface area contributed by atoms with E-state index in [2.05, 4.69) is 0 Å². The van der Waals surface area contributed by atoms with Gasteiger partial charge in [0.05, 0.1) is 12.7 Å². The average Bonchev–Trinajstić information content (AvgIpc) is 3.28. The Balaban J connectivity index is 2.11. The van der Waals surface area contributed by atoms with Crippen molar-refractivity contribution in [3.8, 4) is 5.75 Å².